The molecular weight excluding hydrogens is 783 g/mol. The van der Waals surface area contributed by atoms with Crippen LogP contribution in [0.5, 0.6) is 0 Å². The first kappa shape index (κ1) is 36.0. The van der Waals surface area contributed by atoms with Crippen LogP contribution in [0.1, 0.15) is 0 Å². The van der Waals surface area contributed by atoms with E-state index >= 15 is 0 Å². The third-order valence-electron chi connectivity index (χ3n) is 12.5. The molecule has 0 saturated carbocycles. The molecule has 64 heavy (non-hydrogen) atoms. The molecule has 4 heterocycles. The first-order valence-corrected chi connectivity index (χ1v) is 21.4. The van der Waals surface area contributed by atoms with Crippen molar-refractivity contribution >= 4 is 65.4 Å². The maximum absolute atomic E-state index is 6.15. The molecule has 0 N–H and O–H groups in total. The Morgan fingerprint density at radius 1 is 0.359 bits per heavy atom. The zero-order valence-electron chi connectivity index (χ0n) is 34.4. The van der Waals surface area contributed by atoms with E-state index in [0.717, 1.165) is 61.0 Å². The first-order valence-electron chi connectivity index (χ1n) is 21.4. The van der Waals surface area contributed by atoms with Gasteiger partial charge in [-0.3, -0.25) is 4.98 Å². The molecule has 0 aliphatic carbocycles. The number of hydrogen-bond donors (Lipinski definition) is 0. The quantitative estimate of drug-likeness (QED) is 0.167. The number of nitrogens with zero attached hydrogens (tertiary/aromatic N) is 5. The molecule has 0 radical (unpaired) electrons. The van der Waals surface area contributed by atoms with Gasteiger partial charge in [-0.2, -0.15) is 0 Å². The standard InChI is InChI=1S/C58H35N5O/c1-2-11-36(12-3-1)41-27-29-50-48(34-41)54-47-19-7-5-14-38(47)26-30-51(54)63(50)44-17-8-16-42(33-44)57-60-56(40-24-22-39(23-25-40)46-20-9-15-37-13-4-6-18-45(37)46)61-58(62-57)43-28-31-52-49(35-43)55-53(64-52)21-10-32-59-55/h1-35H. The lowest BCUT2D eigenvalue weighted by molar-refractivity contribution is 0.668. The number of fused-ring (bicyclic) bond motifs is 9. The van der Waals surface area contributed by atoms with Crippen LogP contribution in [-0.2, 0) is 0 Å². The lowest BCUT2D eigenvalue weighted by atomic mass is 9.97. The SMILES string of the molecule is c1ccc(-c2ccc3c(c2)c2c4ccccc4ccc2n3-c2cccc(-c3nc(-c4ccc(-c5cccc6ccccc56)cc4)nc(-c4ccc5oc6cccnc6c5c4)n3)c2)cc1. The zero-order chi connectivity index (χ0) is 42.1. The van der Waals surface area contributed by atoms with Crippen molar-refractivity contribution in [3.05, 3.63) is 212 Å². The van der Waals surface area contributed by atoms with Gasteiger partial charge in [-0.15, -0.1) is 0 Å². The second-order valence-corrected chi connectivity index (χ2v) is 16.2. The normalized spacial score (nSPS) is 11.8. The Bertz CT molecular complexity index is 3960. The van der Waals surface area contributed by atoms with Crippen molar-refractivity contribution in [1.29, 1.82) is 0 Å². The smallest absolute Gasteiger partial charge is 0.164 e. The van der Waals surface area contributed by atoms with Crippen molar-refractivity contribution in [3.63, 3.8) is 0 Å². The molecule has 6 heteroatoms. The molecule has 0 bridgehead atoms. The number of aromatic nitrogens is 5. The monoisotopic (exact) mass is 817 g/mol. The molecule has 0 amide bonds. The number of furan rings is 1. The highest BCUT2D eigenvalue weighted by atomic mass is 16.3. The summed E-state index contributed by atoms with van der Waals surface area (Å²) in [4.78, 5) is 20.3. The Balaban J connectivity index is 0.987. The maximum Gasteiger partial charge on any atom is 0.164 e. The van der Waals surface area contributed by atoms with E-state index in [2.05, 4.69) is 192 Å². The molecule has 0 aliphatic rings. The van der Waals surface area contributed by atoms with Gasteiger partial charge < -0.3 is 8.98 Å². The highest BCUT2D eigenvalue weighted by molar-refractivity contribution is 6.22. The summed E-state index contributed by atoms with van der Waals surface area (Å²) in [6.45, 7) is 0. The van der Waals surface area contributed by atoms with Crippen molar-refractivity contribution in [3.8, 4) is 62.1 Å². The molecule has 9 aromatic carbocycles. The van der Waals surface area contributed by atoms with Crippen LogP contribution < -0.4 is 0 Å². The summed E-state index contributed by atoms with van der Waals surface area (Å²) in [5.41, 5.74) is 12.9. The number of pyridine rings is 1. The van der Waals surface area contributed by atoms with Gasteiger partial charge in [0.25, 0.3) is 0 Å². The Morgan fingerprint density at radius 3 is 1.83 bits per heavy atom. The number of benzene rings is 9. The predicted octanol–water partition coefficient (Wildman–Crippen LogP) is 14.9. The van der Waals surface area contributed by atoms with Gasteiger partial charge in [-0.25, -0.2) is 15.0 Å². The number of hydrogen-bond acceptors (Lipinski definition) is 5. The largest absolute Gasteiger partial charge is 0.454 e. The predicted molar refractivity (Wildman–Crippen MR) is 261 cm³/mol. The molecule has 0 unspecified atom stereocenters. The molecule has 298 valence electrons. The van der Waals surface area contributed by atoms with Crippen LogP contribution in [0.25, 0.3) is 128 Å². The molecule has 6 nitrogen and oxygen atoms in total. The summed E-state index contributed by atoms with van der Waals surface area (Å²) >= 11 is 0. The fourth-order valence-corrected chi connectivity index (χ4v) is 9.44. The number of rotatable bonds is 6. The van der Waals surface area contributed by atoms with E-state index in [0.29, 0.717) is 17.5 Å². The summed E-state index contributed by atoms with van der Waals surface area (Å²) in [7, 11) is 0. The summed E-state index contributed by atoms with van der Waals surface area (Å²) in [6.07, 6.45) is 1.79. The van der Waals surface area contributed by atoms with Crippen LogP contribution in [-0.4, -0.2) is 24.5 Å². The van der Waals surface area contributed by atoms with Crippen LogP contribution >= 0.6 is 0 Å². The summed E-state index contributed by atoms with van der Waals surface area (Å²) < 4.78 is 8.52. The Kier molecular flexibility index (Phi) is 8.11. The van der Waals surface area contributed by atoms with Gasteiger partial charge in [0.05, 0.1) is 11.0 Å². The second-order valence-electron chi connectivity index (χ2n) is 16.2. The molecule has 0 aliphatic heterocycles. The molecule has 13 aromatic rings. The lowest BCUT2D eigenvalue weighted by Crippen LogP contribution is -2.01. The summed E-state index contributed by atoms with van der Waals surface area (Å²) in [6, 6.07) is 72.5. The molecule has 0 atom stereocenters. The van der Waals surface area contributed by atoms with Crippen LogP contribution in [0.15, 0.2) is 217 Å². The molecule has 0 saturated heterocycles. The van der Waals surface area contributed by atoms with Gasteiger partial charge in [0, 0.05) is 44.7 Å². The van der Waals surface area contributed by atoms with Gasteiger partial charge in [0.1, 0.15) is 11.1 Å². The van der Waals surface area contributed by atoms with E-state index < -0.39 is 0 Å². The van der Waals surface area contributed by atoms with E-state index in [1.54, 1.807) is 6.20 Å². The highest BCUT2D eigenvalue weighted by Crippen LogP contribution is 2.40. The van der Waals surface area contributed by atoms with Gasteiger partial charge in [-0.1, -0.05) is 146 Å². The Morgan fingerprint density at radius 2 is 0.984 bits per heavy atom. The summed E-state index contributed by atoms with van der Waals surface area (Å²) in [5, 5.41) is 8.19. The van der Waals surface area contributed by atoms with E-state index in [-0.39, 0.29) is 0 Å². The fourth-order valence-electron chi connectivity index (χ4n) is 9.44. The van der Waals surface area contributed by atoms with Gasteiger partial charge in [-0.05, 0) is 104 Å². The minimum atomic E-state index is 0.562. The zero-order valence-corrected chi connectivity index (χ0v) is 34.4. The van der Waals surface area contributed by atoms with E-state index in [9.17, 15) is 0 Å². The van der Waals surface area contributed by atoms with Crippen LogP contribution in [0.2, 0.25) is 0 Å². The second kappa shape index (κ2) is 14.4. The third kappa shape index (κ3) is 5.88. The van der Waals surface area contributed by atoms with Gasteiger partial charge in [0.2, 0.25) is 0 Å². The van der Waals surface area contributed by atoms with Crippen LogP contribution in [0.3, 0.4) is 0 Å². The van der Waals surface area contributed by atoms with Crippen molar-refractivity contribution < 1.29 is 4.42 Å². The minimum Gasteiger partial charge on any atom is -0.454 e. The van der Waals surface area contributed by atoms with Crippen molar-refractivity contribution in [1.82, 2.24) is 24.5 Å². The fraction of sp³-hybridized carbons (Fsp3) is 0. The Hall–Kier alpha value is -8.74. The molecule has 13 rings (SSSR count). The van der Waals surface area contributed by atoms with E-state index in [4.69, 9.17) is 19.4 Å². The molecule has 0 spiro atoms. The third-order valence-corrected chi connectivity index (χ3v) is 12.5. The molecule has 0 fully saturated rings. The minimum absolute atomic E-state index is 0.562. The first-order chi connectivity index (χ1) is 31.7. The van der Waals surface area contributed by atoms with Crippen LogP contribution in [0, 0.1) is 0 Å². The summed E-state index contributed by atoms with van der Waals surface area (Å²) in [5.74, 6) is 1.72. The van der Waals surface area contributed by atoms with Crippen molar-refractivity contribution in [2.24, 2.45) is 0 Å². The van der Waals surface area contributed by atoms with Gasteiger partial charge in [0.15, 0.2) is 23.1 Å². The lowest BCUT2D eigenvalue weighted by Gasteiger charge is -2.12. The maximum atomic E-state index is 6.15. The topological polar surface area (TPSA) is 69.6 Å². The average molecular weight is 818 g/mol. The highest BCUT2D eigenvalue weighted by Gasteiger charge is 2.19. The Labute approximate surface area is 367 Å². The van der Waals surface area contributed by atoms with Crippen molar-refractivity contribution in [2.45, 2.75) is 0 Å². The molecule has 4 aromatic heterocycles. The van der Waals surface area contributed by atoms with E-state index in [1.165, 1.54) is 49.0 Å². The average Bonchev–Trinajstić information content (AvgIpc) is 3.92. The van der Waals surface area contributed by atoms with Gasteiger partial charge >= 0.3 is 0 Å². The van der Waals surface area contributed by atoms with Crippen molar-refractivity contribution in [2.75, 3.05) is 0 Å². The molecular formula is C58H35N5O. The van der Waals surface area contributed by atoms with Crippen LogP contribution in [0.4, 0.5) is 0 Å². The van der Waals surface area contributed by atoms with E-state index in [1.807, 2.05) is 24.3 Å².